The molecule has 2 aromatic rings. The van der Waals surface area contributed by atoms with E-state index in [9.17, 15) is 9.59 Å². The number of amides is 2. The van der Waals surface area contributed by atoms with E-state index in [1.807, 2.05) is 18.2 Å². The van der Waals surface area contributed by atoms with Crippen LogP contribution in [0.3, 0.4) is 0 Å². The maximum atomic E-state index is 13.4. The van der Waals surface area contributed by atoms with E-state index in [0.717, 1.165) is 42.6 Å². The number of thiol groups is 1. The molecule has 2 amide bonds. The number of benzene rings is 2. The molecule has 0 radical (unpaired) electrons. The molecule has 0 heterocycles. The van der Waals surface area contributed by atoms with Gasteiger partial charge in [0.2, 0.25) is 0 Å². The maximum absolute atomic E-state index is 13.4. The second-order valence-corrected chi connectivity index (χ2v) is 10.5. The Morgan fingerprint density at radius 3 is 2.07 bits per heavy atom. The fraction of sp³-hybridized carbons (Fsp3) is 0.417. The fourth-order valence-corrected chi connectivity index (χ4v) is 7.11. The third-order valence-electron chi connectivity index (χ3n) is 7.32. The first kappa shape index (κ1) is 20.4. The molecule has 4 saturated carbocycles. The lowest BCUT2D eigenvalue weighted by atomic mass is 9.48. The molecular formula is C24H23Cl2NO2S. The molecule has 4 fully saturated rings. The van der Waals surface area contributed by atoms with Crippen molar-refractivity contribution in [3.05, 3.63) is 63.6 Å². The van der Waals surface area contributed by atoms with Gasteiger partial charge in [-0.1, -0.05) is 54.0 Å². The minimum atomic E-state index is -0.594. The van der Waals surface area contributed by atoms with Crippen molar-refractivity contribution in [3.8, 4) is 0 Å². The lowest BCUT2D eigenvalue weighted by Crippen LogP contribution is -2.49. The van der Waals surface area contributed by atoms with Crippen LogP contribution in [0.2, 0.25) is 10.0 Å². The van der Waals surface area contributed by atoms with Crippen LogP contribution in [-0.2, 0) is 5.41 Å². The SMILES string of the molecule is O=C(S)N(C(=O)c1ccc(Cl)c(Cl)c1)c1ccccc1C12CC3CC(CC(C3)C1)C2. The van der Waals surface area contributed by atoms with Crippen molar-refractivity contribution in [2.75, 3.05) is 4.90 Å². The van der Waals surface area contributed by atoms with E-state index < -0.39 is 11.1 Å². The van der Waals surface area contributed by atoms with E-state index in [-0.39, 0.29) is 10.4 Å². The van der Waals surface area contributed by atoms with Crippen LogP contribution in [0.25, 0.3) is 0 Å². The molecule has 0 aromatic heterocycles. The molecule has 0 aliphatic heterocycles. The van der Waals surface area contributed by atoms with Crippen LogP contribution in [0.5, 0.6) is 0 Å². The van der Waals surface area contributed by atoms with Crippen molar-refractivity contribution in [3.63, 3.8) is 0 Å². The third kappa shape index (κ3) is 3.37. The summed E-state index contributed by atoms with van der Waals surface area (Å²) < 4.78 is 0. The van der Waals surface area contributed by atoms with Gasteiger partial charge in [0.05, 0.1) is 15.7 Å². The summed E-state index contributed by atoms with van der Waals surface area (Å²) in [6.45, 7) is 0. The Morgan fingerprint density at radius 2 is 1.50 bits per heavy atom. The number of carbonyl (C=O) groups excluding carboxylic acids is 2. The molecule has 0 atom stereocenters. The first-order valence-electron chi connectivity index (χ1n) is 10.5. The summed E-state index contributed by atoms with van der Waals surface area (Å²) in [4.78, 5) is 27.2. The van der Waals surface area contributed by atoms with E-state index in [0.29, 0.717) is 16.3 Å². The van der Waals surface area contributed by atoms with Crippen molar-refractivity contribution >= 4 is 52.7 Å². The summed E-state index contributed by atoms with van der Waals surface area (Å²) in [7, 11) is 0. The molecule has 156 valence electrons. The van der Waals surface area contributed by atoms with Gasteiger partial charge >= 0.3 is 0 Å². The van der Waals surface area contributed by atoms with E-state index in [1.165, 1.54) is 30.2 Å². The van der Waals surface area contributed by atoms with Gasteiger partial charge in [-0.25, -0.2) is 4.90 Å². The monoisotopic (exact) mass is 459 g/mol. The molecule has 0 unspecified atom stereocenters. The number of hydrogen-bond acceptors (Lipinski definition) is 2. The Morgan fingerprint density at radius 1 is 0.900 bits per heavy atom. The number of hydrogen-bond donors (Lipinski definition) is 1. The predicted molar refractivity (Wildman–Crippen MR) is 124 cm³/mol. The standard InChI is InChI=1S/C24H23Cl2NO2S/c25-19-6-5-17(10-20(19)26)22(28)27(23(29)30)21-4-2-1-3-18(21)24-11-14-7-15(12-24)9-16(8-14)13-24/h1-6,10,14-16H,7-9,11-13H2,(H,29,30). The molecule has 0 saturated heterocycles. The summed E-state index contributed by atoms with van der Waals surface area (Å²) in [6, 6.07) is 12.5. The van der Waals surface area contributed by atoms with Gasteiger partial charge in [0, 0.05) is 5.56 Å². The number of carbonyl (C=O) groups is 2. The zero-order chi connectivity index (χ0) is 21.0. The molecule has 0 spiro atoms. The van der Waals surface area contributed by atoms with Crippen LogP contribution in [0.15, 0.2) is 42.5 Å². The molecule has 3 nitrogen and oxygen atoms in total. The molecule has 0 N–H and O–H groups in total. The van der Waals surface area contributed by atoms with E-state index in [4.69, 9.17) is 23.2 Å². The van der Waals surface area contributed by atoms with Gasteiger partial charge in [-0.05, 0) is 91.5 Å². The maximum Gasteiger partial charge on any atom is 0.290 e. The van der Waals surface area contributed by atoms with Crippen molar-refractivity contribution in [1.82, 2.24) is 0 Å². The Balaban J connectivity index is 1.58. The largest absolute Gasteiger partial charge is 0.290 e. The van der Waals surface area contributed by atoms with E-state index >= 15 is 0 Å². The average Bonchev–Trinajstić information content (AvgIpc) is 2.69. The molecule has 4 aliphatic carbocycles. The lowest BCUT2D eigenvalue weighted by Gasteiger charge is -2.57. The van der Waals surface area contributed by atoms with Crippen LogP contribution >= 0.6 is 35.8 Å². The minimum Gasteiger partial charge on any atom is -0.268 e. The second-order valence-electron chi connectivity index (χ2n) is 9.27. The lowest BCUT2D eigenvalue weighted by molar-refractivity contribution is -0.00492. The zero-order valence-electron chi connectivity index (χ0n) is 16.5. The Hall–Kier alpha value is -1.49. The van der Waals surface area contributed by atoms with Crippen molar-refractivity contribution in [2.45, 2.75) is 43.9 Å². The summed E-state index contributed by atoms with van der Waals surface area (Å²) in [5.41, 5.74) is 2.12. The first-order chi connectivity index (χ1) is 14.4. The van der Waals surface area contributed by atoms with Crippen molar-refractivity contribution < 1.29 is 9.59 Å². The topological polar surface area (TPSA) is 37.4 Å². The normalized spacial score (nSPS) is 29.1. The molecule has 6 rings (SSSR count). The number of halogens is 2. The number of nitrogens with zero attached hydrogens (tertiary/aromatic N) is 1. The van der Waals surface area contributed by atoms with Crippen molar-refractivity contribution in [1.29, 1.82) is 0 Å². The van der Waals surface area contributed by atoms with Gasteiger partial charge in [-0.15, -0.1) is 0 Å². The van der Waals surface area contributed by atoms with Gasteiger partial charge in [0.1, 0.15) is 0 Å². The van der Waals surface area contributed by atoms with Crippen LogP contribution in [-0.4, -0.2) is 11.1 Å². The molecular weight excluding hydrogens is 437 g/mol. The van der Waals surface area contributed by atoms with Crippen LogP contribution in [0.4, 0.5) is 10.5 Å². The van der Waals surface area contributed by atoms with Gasteiger partial charge in [0.15, 0.2) is 0 Å². The highest BCUT2D eigenvalue weighted by Gasteiger charge is 2.52. The number of anilines is 1. The van der Waals surface area contributed by atoms with Gasteiger partial charge in [-0.2, -0.15) is 0 Å². The van der Waals surface area contributed by atoms with E-state index in [1.54, 1.807) is 12.1 Å². The Bertz CT molecular complexity index is 1000. The van der Waals surface area contributed by atoms with Crippen LogP contribution in [0, 0.1) is 17.8 Å². The van der Waals surface area contributed by atoms with Crippen LogP contribution < -0.4 is 4.90 Å². The molecule has 4 bridgehead atoms. The number of para-hydroxylation sites is 1. The van der Waals surface area contributed by atoms with Gasteiger partial charge in [0.25, 0.3) is 11.1 Å². The first-order valence-corrected chi connectivity index (χ1v) is 11.7. The Kier molecular flexibility index (Phi) is 5.16. The highest BCUT2D eigenvalue weighted by Crippen LogP contribution is 2.61. The third-order valence-corrected chi connectivity index (χ3v) is 8.25. The highest BCUT2D eigenvalue weighted by atomic mass is 35.5. The predicted octanol–water partition coefficient (Wildman–Crippen LogP) is 7.16. The average molecular weight is 460 g/mol. The van der Waals surface area contributed by atoms with Crippen LogP contribution in [0.1, 0.15) is 54.4 Å². The summed E-state index contributed by atoms with van der Waals surface area (Å²) >= 11 is 16.2. The highest BCUT2D eigenvalue weighted by molar-refractivity contribution is 7.97. The minimum absolute atomic E-state index is 0.0464. The summed E-state index contributed by atoms with van der Waals surface area (Å²) in [6.07, 6.45) is 7.43. The summed E-state index contributed by atoms with van der Waals surface area (Å²) in [5.74, 6) is 1.84. The number of imide groups is 1. The van der Waals surface area contributed by atoms with Gasteiger partial charge < -0.3 is 0 Å². The van der Waals surface area contributed by atoms with E-state index in [2.05, 4.69) is 18.7 Å². The Labute approximate surface area is 192 Å². The molecule has 30 heavy (non-hydrogen) atoms. The quantitative estimate of drug-likeness (QED) is 0.494. The number of rotatable bonds is 3. The zero-order valence-corrected chi connectivity index (χ0v) is 18.9. The van der Waals surface area contributed by atoms with Gasteiger partial charge in [-0.3, -0.25) is 9.59 Å². The molecule has 4 aliphatic rings. The molecule has 2 aromatic carbocycles. The summed E-state index contributed by atoms with van der Waals surface area (Å²) in [5, 5.41) is 0.0534. The fourth-order valence-electron chi connectivity index (χ4n) is 6.62. The molecule has 6 heteroatoms. The second kappa shape index (κ2) is 7.58. The smallest absolute Gasteiger partial charge is 0.268 e. The van der Waals surface area contributed by atoms with Crippen molar-refractivity contribution in [2.24, 2.45) is 17.8 Å².